The Kier molecular flexibility index (Phi) is 6.16. The highest BCUT2D eigenvalue weighted by Gasteiger charge is 2.50. The Bertz CT molecular complexity index is 3660. The molecular formula is C57H32OS. The predicted molar refractivity (Wildman–Crippen MR) is 247 cm³/mol. The molecule has 59 heavy (non-hydrogen) atoms. The van der Waals surface area contributed by atoms with Gasteiger partial charge >= 0.3 is 0 Å². The van der Waals surface area contributed by atoms with E-state index in [2.05, 4.69) is 194 Å². The maximum Gasteiger partial charge on any atom is 0.135 e. The van der Waals surface area contributed by atoms with Crippen LogP contribution in [-0.4, -0.2) is 0 Å². The number of hydrogen-bond donors (Lipinski definition) is 0. The number of benzene rings is 10. The molecule has 10 aromatic carbocycles. The van der Waals surface area contributed by atoms with Crippen LogP contribution in [0.25, 0.3) is 97.4 Å². The minimum Gasteiger partial charge on any atom is -0.456 e. The Labute approximate surface area is 345 Å². The number of thiophene rings is 1. The number of rotatable bonds is 2. The Balaban J connectivity index is 0.992. The predicted octanol–water partition coefficient (Wildman–Crippen LogP) is 15.8. The van der Waals surface area contributed by atoms with Gasteiger partial charge in [0.05, 0.1) is 5.41 Å². The van der Waals surface area contributed by atoms with Crippen LogP contribution in [0.3, 0.4) is 0 Å². The smallest absolute Gasteiger partial charge is 0.135 e. The van der Waals surface area contributed by atoms with E-state index in [1.165, 1.54) is 114 Å². The lowest BCUT2D eigenvalue weighted by Gasteiger charge is -2.40. The molecule has 11 aromatic rings. The lowest BCUT2D eigenvalue weighted by atomic mass is 9.61. The van der Waals surface area contributed by atoms with E-state index in [1.807, 2.05) is 11.3 Å². The van der Waals surface area contributed by atoms with Crippen molar-refractivity contribution in [1.29, 1.82) is 0 Å². The zero-order valence-corrected chi connectivity index (χ0v) is 32.6. The molecule has 0 N–H and O–H groups in total. The normalized spacial score (nSPS) is 15.3. The fraction of sp³-hybridized carbons (Fsp3) is 0.0175. The average molecular weight is 765 g/mol. The third-order valence-corrected chi connectivity index (χ3v) is 14.7. The molecule has 1 spiro atoms. The van der Waals surface area contributed by atoms with Crippen molar-refractivity contribution in [3.8, 4) is 67.1 Å². The van der Waals surface area contributed by atoms with Crippen LogP contribution in [0.1, 0.15) is 22.3 Å². The molecule has 272 valence electrons. The molecule has 1 unspecified atom stereocenters. The van der Waals surface area contributed by atoms with Crippen molar-refractivity contribution in [3.63, 3.8) is 0 Å². The van der Waals surface area contributed by atoms with Gasteiger partial charge in [-0.2, -0.15) is 0 Å². The van der Waals surface area contributed by atoms with E-state index in [9.17, 15) is 0 Å². The van der Waals surface area contributed by atoms with Crippen LogP contribution in [0.15, 0.2) is 194 Å². The van der Waals surface area contributed by atoms with Gasteiger partial charge in [0.15, 0.2) is 0 Å². The molecule has 1 atom stereocenters. The molecule has 14 rings (SSSR count). The highest BCUT2D eigenvalue weighted by Crippen LogP contribution is 2.63. The Morgan fingerprint density at radius 3 is 1.86 bits per heavy atom. The van der Waals surface area contributed by atoms with Crippen LogP contribution in [0, 0.1) is 0 Å². The van der Waals surface area contributed by atoms with Crippen molar-refractivity contribution in [2.45, 2.75) is 5.41 Å². The first kappa shape index (κ1) is 31.8. The van der Waals surface area contributed by atoms with Crippen LogP contribution >= 0.6 is 11.3 Å². The van der Waals surface area contributed by atoms with Gasteiger partial charge in [0.25, 0.3) is 0 Å². The molecule has 0 bridgehead atoms. The van der Waals surface area contributed by atoms with Gasteiger partial charge in [0, 0.05) is 36.7 Å². The first-order chi connectivity index (χ1) is 29.3. The molecule has 1 aromatic heterocycles. The monoisotopic (exact) mass is 764 g/mol. The molecule has 0 radical (unpaired) electrons. The molecule has 2 heteroatoms. The molecule has 3 aliphatic rings. The Morgan fingerprint density at radius 2 is 0.966 bits per heavy atom. The minimum absolute atomic E-state index is 0.456. The molecule has 2 heterocycles. The van der Waals surface area contributed by atoms with Gasteiger partial charge in [-0.1, -0.05) is 164 Å². The van der Waals surface area contributed by atoms with Gasteiger partial charge < -0.3 is 4.74 Å². The van der Waals surface area contributed by atoms with Crippen molar-refractivity contribution in [2.24, 2.45) is 0 Å². The zero-order valence-electron chi connectivity index (χ0n) is 31.8. The number of hydrogen-bond acceptors (Lipinski definition) is 2. The van der Waals surface area contributed by atoms with Crippen LogP contribution < -0.4 is 4.74 Å². The lowest BCUT2D eigenvalue weighted by Crippen LogP contribution is -2.31. The van der Waals surface area contributed by atoms with Crippen LogP contribution in [0.2, 0.25) is 0 Å². The van der Waals surface area contributed by atoms with E-state index < -0.39 is 5.41 Å². The van der Waals surface area contributed by atoms with Crippen molar-refractivity contribution >= 4 is 53.1 Å². The van der Waals surface area contributed by atoms with Crippen molar-refractivity contribution < 1.29 is 4.74 Å². The first-order valence-electron chi connectivity index (χ1n) is 20.4. The molecule has 1 aliphatic heterocycles. The molecule has 0 saturated heterocycles. The first-order valence-corrected chi connectivity index (χ1v) is 21.2. The second-order valence-electron chi connectivity index (χ2n) is 16.2. The summed E-state index contributed by atoms with van der Waals surface area (Å²) in [5, 5.41) is 7.64. The van der Waals surface area contributed by atoms with Crippen molar-refractivity contribution in [2.75, 3.05) is 0 Å². The second-order valence-corrected chi connectivity index (χ2v) is 17.3. The largest absolute Gasteiger partial charge is 0.456 e. The summed E-state index contributed by atoms with van der Waals surface area (Å²) in [5.41, 5.74) is 17.4. The number of fused-ring (bicyclic) bond motifs is 14. The molecule has 0 saturated carbocycles. The van der Waals surface area contributed by atoms with Gasteiger partial charge in [-0.25, -0.2) is 0 Å². The highest BCUT2D eigenvalue weighted by molar-refractivity contribution is 7.26. The van der Waals surface area contributed by atoms with Crippen LogP contribution in [0.5, 0.6) is 11.5 Å². The summed E-state index contributed by atoms with van der Waals surface area (Å²) in [7, 11) is 0. The summed E-state index contributed by atoms with van der Waals surface area (Å²) in [4.78, 5) is 0. The van der Waals surface area contributed by atoms with Crippen LogP contribution in [0.4, 0.5) is 0 Å². The van der Waals surface area contributed by atoms with Gasteiger partial charge in [0.2, 0.25) is 0 Å². The second kappa shape index (κ2) is 11.4. The van der Waals surface area contributed by atoms with E-state index in [4.69, 9.17) is 4.74 Å². The third-order valence-electron chi connectivity index (χ3n) is 13.5. The average Bonchev–Trinajstić information content (AvgIpc) is 3.83. The molecule has 2 aliphatic carbocycles. The summed E-state index contributed by atoms with van der Waals surface area (Å²) in [6.45, 7) is 0. The number of ether oxygens (including phenoxy) is 1. The van der Waals surface area contributed by atoms with Crippen molar-refractivity contribution in [1.82, 2.24) is 0 Å². The van der Waals surface area contributed by atoms with E-state index >= 15 is 0 Å². The van der Waals surface area contributed by atoms with E-state index in [-0.39, 0.29) is 0 Å². The lowest BCUT2D eigenvalue weighted by molar-refractivity contribution is 0.487. The van der Waals surface area contributed by atoms with E-state index in [0.717, 1.165) is 17.1 Å². The highest BCUT2D eigenvalue weighted by atomic mass is 32.1. The quantitative estimate of drug-likeness (QED) is 0.170. The standard InChI is InChI=1S/C57H32OS/c1-4-23-46-37(14-1)40-18-7-12-33-13-8-25-48(53(33)40)57(46)47-24-5-2-16-44(47)54-35(17-11-26-49(54)57)34-28-30-50-45(32-34)41-20-9-19-39-36(29-31-51(58-50)55(39)41)42-21-10-22-43-38-15-3-6-27-52(38)59-56(42)43/h1-32H. The third kappa shape index (κ3) is 3.99. The van der Waals surface area contributed by atoms with Crippen LogP contribution in [-0.2, 0) is 5.41 Å². The van der Waals surface area contributed by atoms with E-state index in [1.54, 1.807) is 0 Å². The summed E-state index contributed by atoms with van der Waals surface area (Å²) in [5.74, 6) is 1.80. The zero-order chi connectivity index (χ0) is 38.4. The molecule has 1 nitrogen and oxygen atoms in total. The fourth-order valence-corrected chi connectivity index (χ4v) is 12.4. The minimum atomic E-state index is -0.456. The summed E-state index contributed by atoms with van der Waals surface area (Å²) in [6.07, 6.45) is 0. The summed E-state index contributed by atoms with van der Waals surface area (Å²) >= 11 is 1.88. The Morgan fingerprint density at radius 1 is 0.356 bits per heavy atom. The maximum absolute atomic E-state index is 6.81. The molecule has 0 fully saturated rings. The molecule has 0 amide bonds. The topological polar surface area (TPSA) is 9.23 Å². The fourth-order valence-electron chi connectivity index (χ4n) is 11.2. The molecular weight excluding hydrogens is 733 g/mol. The van der Waals surface area contributed by atoms with Gasteiger partial charge in [0.1, 0.15) is 11.5 Å². The van der Waals surface area contributed by atoms with Gasteiger partial charge in [-0.3, -0.25) is 0 Å². The maximum atomic E-state index is 6.81. The SMILES string of the molecule is c1ccc2c(c1)-c1c(-c3ccc4c(c3)-c3cccc5c(-c6cccc7c6sc6ccccc67)ccc(c35)O4)cccc1C21c2ccccc2-c2cccc3cccc1c23. The van der Waals surface area contributed by atoms with E-state index in [0.29, 0.717) is 0 Å². The summed E-state index contributed by atoms with van der Waals surface area (Å²) < 4.78 is 9.45. The van der Waals surface area contributed by atoms with Gasteiger partial charge in [-0.05, 0) is 113 Å². The Hall–Kier alpha value is -7.26. The van der Waals surface area contributed by atoms with Crippen molar-refractivity contribution in [3.05, 3.63) is 216 Å². The summed E-state index contributed by atoms with van der Waals surface area (Å²) in [6, 6.07) is 72.4. The van der Waals surface area contributed by atoms with Gasteiger partial charge in [-0.15, -0.1) is 11.3 Å².